The predicted molar refractivity (Wildman–Crippen MR) is 121 cm³/mol. The maximum atomic E-state index is 6.10. The number of fused-ring (bicyclic) bond motifs is 1. The van der Waals surface area contributed by atoms with Gasteiger partial charge in [0.2, 0.25) is 0 Å². The monoisotopic (exact) mass is 385 g/mol. The third-order valence-corrected chi connectivity index (χ3v) is 6.04. The fraction of sp³-hybridized carbons (Fsp3) is 0.333. The fourth-order valence-corrected chi connectivity index (χ4v) is 4.31. The predicted octanol–water partition coefficient (Wildman–Crippen LogP) is 6.17. The quantitative estimate of drug-likeness (QED) is 0.471. The van der Waals surface area contributed by atoms with Crippen molar-refractivity contribution in [3.8, 4) is 16.9 Å². The molecule has 1 aliphatic rings. The Morgan fingerprint density at radius 2 is 1.62 bits per heavy atom. The van der Waals surface area contributed by atoms with Gasteiger partial charge in [-0.25, -0.2) is 0 Å². The normalized spacial score (nSPS) is 15.7. The minimum Gasteiger partial charge on any atom is -0.489 e. The van der Waals surface area contributed by atoms with Gasteiger partial charge in [0.1, 0.15) is 12.4 Å². The number of benzene rings is 3. The zero-order chi connectivity index (χ0) is 19.9. The number of rotatable bonds is 8. The van der Waals surface area contributed by atoms with E-state index in [1.807, 2.05) is 6.07 Å². The van der Waals surface area contributed by atoms with Gasteiger partial charge in [0.25, 0.3) is 0 Å². The zero-order valence-electron chi connectivity index (χ0n) is 17.1. The Morgan fingerprint density at radius 1 is 0.828 bits per heavy atom. The number of hydrogen-bond acceptors (Lipinski definition) is 2. The molecule has 2 nitrogen and oxygen atoms in total. The molecule has 0 fully saturated rings. The molecule has 3 aromatic carbocycles. The molecular formula is C27H31NO. The highest BCUT2D eigenvalue weighted by atomic mass is 16.5. The van der Waals surface area contributed by atoms with Crippen LogP contribution in [0.4, 0.5) is 0 Å². The maximum Gasteiger partial charge on any atom is 0.120 e. The summed E-state index contributed by atoms with van der Waals surface area (Å²) in [6.45, 7) is 1.43. The van der Waals surface area contributed by atoms with Crippen LogP contribution in [0.25, 0.3) is 11.1 Å². The van der Waals surface area contributed by atoms with Crippen molar-refractivity contribution in [2.45, 2.75) is 45.1 Å². The molecule has 2 N–H and O–H groups in total. The minimum absolute atomic E-state index is 0.607. The van der Waals surface area contributed by atoms with Gasteiger partial charge in [-0.05, 0) is 78.1 Å². The van der Waals surface area contributed by atoms with Gasteiger partial charge in [-0.1, -0.05) is 73.5 Å². The number of hydrogen-bond donors (Lipinski definition) is 1. The molecule has 0 aliphatic heterocycles. The molecule has 0 heterocycles. The van der Waals surface area contributed by atoms with Crippen LogP contribution in [-0.2, 0) is 19.4 Å². The average molecular weight is 386 g/mol. The Morgan fingerprint density at radius 3 is 2.41 bits per heavy atom. The molecule has 0 spiro atoms. The van der Waals surface area contributed by atoms with Crippen LogP contribution in [0.3, 0.4) is 0 Å². The highest BCUT2D eigenvalue weighted by Crippen LogP contribution is 2.31. The van der Waals surface area contributed by atoms with Gasteiger partial charge in [0.05, 0.1) is 0 Å². The standard InChI is InChI=1S/C27H31NO/c28-17-5-4-6-21-9-14-26-19-27(16-15-25(26)18-21)29-20-22-10-12-24(13-11-22)23-7-2-1-3-8-23/h1-3,7-8,10-13,15-16,19,21H,4-6,9,14,17-18,20,28H2. The van der Waals surface area contributed by atoms with Crippen LogP contribution in [0.5, 0.6) is 5.75 Å². The molecule has 0 bridgehead atoms. The molecule has 4 rings (SSSR count). The Balaban J connectivity index is 1.33. The van der Waals surface area contributed by atoms with Crippen LogP contribution in [-0.4, -0.2) is 6.54 Å². The summed E-state index contributed by atoms with van der Waals surface area (Å²) in [5, 5.41) is 0. The topological polar surface area (TPSA) is 35.2 Å². The van der Waals surface area contributed by atoms with Gasteiger partial charge in [-0.2, -0.15) is 0 Å². The van der Waals surface area contributed by atoms with E-state index in [0.717, 1.165) is 24.6 Å². The second kappa shape index (κ2) is 9.76. The molecule has 150 valence electrons. The molecule has 0 amide bonds. The first-order chi connectivity index (χ1) is 14.3. The third-order valence-electron chi connectivity index (χ3n) is 6.04. The van der Waals surface area contributed by atoms with Crippen molar-refractivity contribution >= 4 is 0 Å². The van der Waals surface area contributed by atoms with E-state index in [4.69, 9.17) is 10.5 Å². The summed E-state index contributed by atoms with van der Waals surface area (Å²) in [6.07, 6.45) is 7.41. The van der Waals surface area contributed by atoms with Crippen molar-refractivity contribution in [3.05, 3.63) is 89.5 Å². The minimum atomic E-state index is 0.607. The summed E-state index contributed by atoms with van der Waals surface area (Å²) < 4.78 is 6.10. The molecule has 0 aromatic heterocycles. The van der Waals surface area contributed by atoms with E-state index >= 15 is 0 Å². The smallest absolute Gasteiger partial charge is 0.120 e. The maximum absolute atomic E-state index is 6.10. The summed E-state index contributed by atoms with van der Waals surface area (Å²) in [5.41, 5.74) is 12.3. The zero-order valence-corrected chi connectivity index (χ0v) is 17.1. The number of ether oxygens (including phenoxy) is 1. The van der Waals surface area contributed by atoms with Crippen LogP contribution in [0.2, 0.25) is 0 Å². The van der Waals surface area contributed by atoms with Gasteiger partial charge in [0.15, 0.2) is 0 Å². The molecule has 29 heavy (non-hydrogen) atoms. The summed E-state index contributed by atoms with van der Waals surface area (Å²) >= 11 is 0. The molecular weight excluding hydrogens is 354 g/mol. The SMILES string of the molecule is NCCCCC1CCc2cc(OCc3ccc(-c4ccccc4)cc3)ccc2C1. The van der Waals surface area contributed by atoms with Crippen LogP contribution in [0.1, 0.15) is 42.4 Å². The summed E-state index contributed by atoms with van der Waals surface area (Å²) in [4.78, 5) is 0. The Labute approximate surface area is 174 Å². The van der Waals surface area contributed by atoms with Gasteiger partial charge in [-0.3, -0.25) is 0 Å². The second-order valence-electron chi connectivity index (χ2n) is 8.18. The van der Waals surface area contributed by atoms with E-state index in [9.17, 15) is 0 Å². The Hall–Kier alpha value is -2.58. The molecule has 0 saturated carbocycles. The number of nitrogens with two attached hydrogens (primary N) is 1. The number of aryl methyl sites for hydroxylation is 1. The van der Waals surface area contributed by atoms with Crippen molar-refractivity contribution in [2.24, 2.45) is 11.7 Å². The van der Waals surface area contributed by atoms with Crippen molar-refractivity contribution in [1.29, 1.82) is 0 Å². The van der Waals surface area contributed by atoms with Gasteiger partial charge < -0.3 is 10.5 Å². The van der Waals surface area contributed by atoms with Crippen LogP contribution in [0.15, 0.2) is 72.8 Å². The summed E-state index contributed by atoms with van der Waals surface area (Å²) in [5.74, 6) is 1.81. The average Bonchev–Trinajstić information content (AvgIpc) is 2.79. The number of unbranched alkanes of at least 4 members (excludes halogenated alkanes) is 1. The first-order valence-electron chi connectivity index (χ1n) is 10.9. The van der Waals surface area contributed by atoms with Gasteiger partial charge in [0, 0.05) is 0 Å². The first-order valence-corrected chi connectivity index (χ1v) is 10.9. The van der Waals surface area contributed by atoms with E-state index in [-0.39, 0.29) is 0 Å². The lowest BCUT2D eigenvalue weighted by molar-refractivity contribution is 0.305. The van der Waals surface area contributed by atoms with E-state index in [2.05, 4.69) is 66.7 Å². The van der Waals surface area contributed by atoms with Gasteiger partial charge >= 0.3 is 0 Å². The highest BCUT2D eigenvalue weighted by molar-refractivity contribution is 5.63. The van der Waals surface area contributed by atoms with Crippen LogP contribution < -0.4 is 10.5 Å². The Bertz CT molecular complexity index is 902. The van der Waals surface area contributed by atoms with Crippen LogP contribution >= 0.6 is 0 Å². The van der Waals surface area contributed by atoms with E-state index < -0.39 is 0 Å². The first kappa shape index (κ1) is 19.7. The lowest BCUT2D eigenvalue weighted by Gasteiger charge is -2.25. The van der Waals surface area contributed by atoms with E-state index in [1.54, 1.807) is 0 Å². The molecule has 1 atom stereocenters. The van der Waals surface area contributed by atoms with Gasteiger partial charge in [-0.15, -0.1) is 0 Å². The molecule has 3 aromatic rings. The largest absolute Gasteiger partial charge is 0.489 e. The molecule has 1 unspecified atom stereocenters. The molecule has 0 radical (unpaired) electrons. The lowest BCUT2D eigenvalue weighted by atomic mass is 9.81. The van der Waals surface area contributed by atoms with Crippen molar-refractivity contribution in [2.75, 3.05) is 6.54 Å². The van der Waals surface area contributed by atoms with E-state index in [0.29, 0.717) is 6.61 Å². The summed E-state index contributed by atoms with van der Waals surface area (Å²) in [6, 6.07) is 25.8. The van der Waals surface area contributed by atoms with Crippen LogP contribution in [0, 0.1) is 5.92 Å². The highest BCUT2D eigenvalue weighted by Gasteiger charge is 2.18. The van der Waals surface area contributed by atoms with E-state index in [1.165, 1.54) is 59.9 Å². The third kappa shape index (κ3) is 5.27. The Kier molecular flexibility index (Phi) is 6.63. The van der Waals surface area contributed by atoms with Crippen molar-refractivity contribution in [1.82, 2.24) is 0 Å². The molecule has 1 aliphatic carbocycles. The second-order valence-corrected chi connectivity index (χ2v) is 8.18. The molecule has 2 heteroatoms. The van der Waals surface area contributed by atoms with Crippen molar-refractivity contribution in [3.63, 3.8) is 0 Å². The fourth-order valence-electron chi connectivity index (χ4n) is 4.31. The molecule has 0 saturated heterocycles. The summed E-state index contributed by atoms with van der Waals surface area (Å²) in [7, 11) is 0. The van der Waals surface area contributed by atoms with Crippen molar-refractivity contribution < 1.29 is 4.74 Å². The lowest BCUT2D eigenvalue weighted by Crippen LogP contribution is -2.15.